The fourth-order valence-electron chi connectivity index (χ4n) is 3.13. The second kappa shape index (κ2) is 4.55. The Bertz CT molecular complexity index is 377. The molecule has 2 fully saturated rings. The average molecular weight is 255 g/mol. The minimum atomic E-state index is -0.639. The van der Waals surface area contributed by atoms with Gasteiger partial charge in [0.05, 0.1) is 24.0 Å². The van der Waals surface area contributed by atoms with Gasteiger partial charge in [0.2, 0.25) is 5.91 Å². The summed E-state index contributed by atoms with van der Waals surface area (Å²) in [5, 5.41) is 9.21. The van der Waals surface area contributed by atoms with Gasteiger partial charge < -0.3 is 20.3 Å². The summed E-state index contributed by atoms with van der Waals surface area (Å²) in [6, 6.07) is 0. The summed E-state index contributed by atoms with van der Waals surface area (Å²) in [6.07, 6.45) is 2.31. The van der Waals surface area contributed by atoms with Crippen LogP contribution in [0, 0.1) is 11.8 Å². The predicted molar refractivity (Wildman–Crippen MR) is 65.6 cm³/mol. The predicted octanol–water partition coefficient (Wildman–Crippen LogP) is 1.48. The fourth-order valence-corrected chi connectivity index (χ4v) is 3.13. The van der Waals surface area contributed by atoms with Crippen molar-refractivity contribution < 1.29 is 19.4 Å². The summed E-state index contributed by atoms with van der Waals surface area (Å²) in [6.45, 7) is 5.81. The maximum Gasteiger partial charge on any atom is 0.248 e. The molecule has 18 heavy (non-hydrogen) atoms. The molecule has 1 aliphatic carbocycles. The Hall–Kier alpha value is -1.07. The van der Waals surface area contributed by atoms with E-state index in [2.05, 4.69) is 6.92 Å². The Morgan fingerprint density at radius 1 is 1.44 bits per heavy atom. The highest BCUT2D eigenvalue weighted by Crippen LogP contribution is 2.48. The van der Waals surface area contributed by atoms with E-state index in [0.29, 0.717) is 5.92 Å². The molecule has 3 N–H and O–H groups in total. The molecule has 5 heteroatoms. The van der Waals surface area contributed by atoms with Crippen LogP contribution in [-0.4, -0.2) is 29.0 Å². The summed E-state index contributed by atoms with van der Waals surface area (Å²) in [5.41, 5.74) is 5.54. The Kier molecular flexibility index (Phi) is 3.38. The zero-order valence-electron chi connectivity index (χ0n) is 11.1. The average Bonchev–Trinajstić information content (AvgIpc) is 2.73. The van der Waals surface area contributed by atoms with Gasteiger partial charge >= 0.3 is 0 Å². The molecule has 2 aliphatic rings. The molecule has 2 rings (SSSR count). The highest BCUT2D eigenvalue weighted by atomic mass is 16.8. The molecular formula is C13H21NO4. The van der Waals surface area contributed by atoms with E-state index in [4.69, 9.17) is 15.2 Å². The van der Waals surface area contributed by atoms with Crippen molar-refractivity contribution in [1.29, 1.82) is 0 Å². The van der Waals surface area contributed by atoms with Gasteiger partial charge in [-0.3, -0.25) is 4.79 Å². The number of hydrogen-bond donors (Lipinski definition) is 2. The third-order valence-corrected chi connectivity index (χ3v) is 3.93. The van der Waals surface area contributed by atoms with Crippen molar-refractivity contribution in [2.45, 2.75) is 51.6 Å². The molecule has 0 aromatic rings. The first-order valence-corrected chi connectivity index (χ1v) is 6.39. The third kappa shape index (κ3) is 2.12. The first kappa shape index (κ1) is 13.4. The second-order valence-electron chi connectivity index (χ2n) is 5.52. The molecule has 0 bridgehead atoms. The van der Waals surface area contributed by atoms with Gasteiger partial charge in [-0.1, -0.05) is 13.3 Å². The van der Waals surface area contributed by atoms with Gasteiger partial charge in [0.1, 0.15) is 0 Å². The van der Waals surface area contributed by atoms with Gasteiger partial charge in [0, 0.05) is 5.92 Å². The number of hydrogen-bond acceptors (Lipinski definition) is 4. The van der Waals surface area contributed by atoms with E-state index >= 15 is 0 Å². The van der Waals surface area contributed by atoms with E-state index in [9.17, 15) is 9.90 Å². The summed E-state index contributed by atoms with van der Waals surface area (Å²) in [4.78, 5) is 11.4. The van der Waals surface area contributed by atoms with Gasteiger partial charge in [-0.05, 0) is 26.2 Å². The second-order valence-corrected chi connectivity index (χ2v) is 5.52. The van der Waals surface area contributed by atoms with Crippen LogP contribution in [0.1, 0.15) is 33.6 Å². The monoisotopic (exact) mass is 255 g/mol. The van der Waals surface area contributed by atoms with E-state index in [1.165, 1.54) is 0 Å². The molecule has 0 aromatic carbocycles. The number of nitrogens with two attached hydrogens (primary N) is 1. The lowest BCUT2D eigenvalue weighted by Gasteiger charge is -2.23. The Morgan fingerprint density at radius 2 is 2.06 bits per heavy atom. The van der Waals surface area contributed by atoms with Gasteiger partial charge in [-0.15, -0.1) is 0 Å². The molecule has 1 saturated heterocycles. The van der Waals surface area contributed by atoms with Crippen LogP contribution in [0.5, 0.6) is 0 Å². The van der Waals surface area contributed by atoms with Crippen molar-refractivity contribution in [1.82, 2.24) is 0 Å². The molecule has 5 nitrogen and oxygen atoms in total. The molecule has 0 spiro atoms. The van der Waals surface area contributed by atoms with Gasteiger partial charge in [-0.2, -0.15) is 0 Å². The molecule has 0 radical (unpaired) electrons. The highest BCUT2D eigenvalue weighted by Gasteiger charge is 2.54. The number of aliphatic hydroxyl groups is 1. The first-order chi connectivity index (χ1) is 8.39. The number of rotatable bonds is 3. The van der Waals surface area contributed by atoms with E-state index in [-0.39, 0.29) is 23.7 Å². The molecule has 0 aromatic heterocycles. The minimum absolute atomic E-state index is 0.0238. The first-order valence-electron chi connectivity index (χ1n) is 6.39. The Labute approximate surface area is 107 Å². The lowest BCUT2D eigenvalue weighted by atomic mass is 9.94. The van der Waals surface area contributed by atoms with E-state index in [1.807, 2.05) is 13.8 Å². The zero-order chi connectivity index (χ0) is 13.5. The molecule has 1 saturated carbocycles. The number of carbonyl (C=O) groups excluding carboxylic acids is 1. The van der Waals surface area contributed by atoms with Crippen LogP contribution in [0.4, 0.5) is 0 Å². The molecule has 102 valence electrons. The van der Waals surface area contributed by atoms with E-state index in [1.54, 1.807) is 0 Å². The molecule has 1 aliphatic heterocycles. The minimum Gasteiger partial charge on any atom is -0.515 e. The maximum atomic E-state index is 11.4. The molecule has 1 heterocycles. The van der Waals surface area contributed by atoms with Gasteiger partial charge in [-0.25, -0.2) is 0 Å². The van der Waals surface area contributed by atoms with Crippen molar-refractivity contribution in [2.75, 3.05) is 0 Å². The van der Waals surface area contributed by atoms with E-state index < -0.39 is 11.7 Å². The summed E-state index contributed by atoms with van der Waals surface area (Å²) >= 11 is 0. The van der Waals surface area contributed by atoms with Crippen molar-refractivity contribution >= 4 is 5.91 Å². The van der Waals surface area contributed by atoms with Crippen molar-refractivity contribution in [3.05, 3.63) is 11.8 Å². The van der Waals surface area contributed by atoms with Gasteiger partial charge in [0.25, 0.3) is 0 Å². The van der Waals surface area contributed by atoms with Crippen LogP contribution < -0.4 is 5.73 Å². The Morgan fingerprint density at radius 3 is 2.56 bits per heavy atom. The normalized spacial score (nSPS) is 38.7. The van der Waals surface area contributed by atoms with Crippen LogP contribution in [0.2, 0.25) is 0 Å². The molecule has 1 amide bonds. The number of primary amides is 1. The van der Waals surface area contributed by atoms with Crippen LogP contribution in [0.15, 0.2) is 11.8 Å². The molecular weight excluding hydrogens is 234 g/mol. The fraction of sp³-hybridized carbons (Fsp3) is 0.769. The van der Waals surface area contributed by atoms with E-state index in [0.717, 1.165) is 19.1 Å². The van der Waals surface area contributed by atoms with Crippen LogP contribution in [0.3, 0.4) is 0 Å². The third-order valence-electron chi connectivity index (χ3n) is 3.93. The van der Waals surface area contributed by atoms with Crippen molar-refractivity contribution in [3.8, 4) is 0 Å². The number of amides is 1. The van der Waals surface area contributed by atoms with Crippen molar-refractivity contribution in [3.63, 3.8) is 0 Å². The zero-order valence-corrected chi connectivity index (χ0v) is 11.1. The standard InChI is InChI=1S/C13H21NO4/c1-4-7-5-8(9(6-15)12(14)16)11-10(7)17-13(2,3)18-11/h6-8,10-11,15H,4-5H2,1-3H3,(H2,14,16)/b9-6-/t7-,8?,10+,11-/m0/s1. The maximum absolute atomic E-state index is 11.4. The van der Waals surface area contributed by atoms with Crippen LogP contribution >= 0.6 is 0 Å². The summed E-state index contributed by atoms with van der Waals surface area (Å²) in [5.74, 6) is -1.08. The number of aliphatic hydroxyl groups excluding tert-OH is 1. The lowest BCUT2D eigenvalue weighted by Crippen LogP contribution is -2.30. The summed E-state index contributed by atoms with van der Waals surface area (Å²) < 4.78 is 11.8. The highest BCUT2D eigenvalue weighted by molar-refractivity contribution is 5.92. The SMILES string of the molecule is CC[C@H]1CC(/C(=C/O)C(N)=O)[C@@H]2OC(C)(C)O[C@H]12. The number of fused-ring (bicyclic) bond motifs is 1. The quantitative estimate of drug-likeness (QED) is 0.591. The number of ether oxygens (including phenoxy) is 2. The Balaban J connectivity index is 2.26. The molecule has 4 atom stereocenters. The molecule has 1 unspecified atom stereocenters. The largest absolute Gasteiger partial charge is 0.515 e. The number of carbonyl (C=O) groups is 1. The topological polar surface area (TPSA) is 81.8 Å². The van der Waals surface area contributed by atoms with Crippen LogP contribution in [0.25, 0.3) is 0 Å². The lowest BCUT2D eigenvalue weighted by molar-refractivity contribution is -0.160. The van der Waals surface area contributed by atoms with Gasteiger partial charge in [0.15, 0.2) is 5.79 Å². The van der Waals surface area contributed by atoms with Crippen LogP contribution in [-0.2, 0) is 14.3 Å². The summed E-state index contributed by atoms with van der Waals surface area (Å²) in [7, 11) is 0. The van der Waals surface area contributed by atoms with Crippen molar-refractivity contribution in [2.24, 2.45) is 17.6 Å². The smallest absolute Gasteiger partial charge is 0.248 e.